The van der Waals surface area contributed by atoms with Crippen LogP contribution in [0.4, 0.5) is 0 Å². The highest BCUT2D eigenvalue weighted by Gasteiger charge is 2.45. The van der Waals surface area contributed by atoms with Crippen LogP contribution >= 0.6 is 0 Å². The van der Waals surface area contributed by atoms with Crippen molar-refractivity contribution in [2.75, 3.05) is 0 Å². The van der Waals surface area contributed by atoms with Crippen molar-refractivity contribution in [3.63, 3.8) is 0 Å². The number of benzene rings is 1. The maximum absolute atomic E-state index is 11.9. The lowest BCUT2D eigenvalue weighted by Crippen LogP contribution is -2.38. The van der Waals surface area contributed by atoms with Crippen LogP contribution in [-0.2, 0) is 20.7 Å². The van der Waals surface area contributed by atoms with E-state index in [1.165, 1.54) is 25.8 Å². The molecule has 0 saturated heterocycles. The summed E-state index contributed by atoms with van der Waals surface area (Å²) in [7, 11) is 0. The van der Waals surface area contributed by atoms with Gasteiger partial charge in [0, 0.05) is 19.8 Å². The zero-order chi connectivity index (χ0) is 19.1. The number of fused-ring (bicyclic) bond motifs is 2. The number of ether oxygens (including phenoxy) is 2. The van der Waals surface area contributed by atoms with Crippen molar-refractivity contribution in [3.8, 4) is 5.75 Å². The number of hydrogen-bond donors (Lipinski definition) is 0. The molecule has 0 amide bonds. The smallest absolute Gasteiger partial charge is 0.308 e. The van der Waals surface area contributed by atoms with Crippen molar-refractivity contribution in [2.45, 2.75) is 72.8 Å². The van der Waals surface area contributed by atoms with Gasteiger partial charge in [0.05, 0.1) is 0 Å². The van der Waals surface area contributed by atoms with Crippen molar-refractivity contribution in [2.24, 2.45) is 17.3 Å². The van der Waals surface area contributed by atoms with Crippen molar-refractivity contribution < 1.29 is 19.1 Å². The predicted molar refractivity (Wildman–Crippen MR) is 99.9 cm³/mol. The van der Waals surface area contributed by atoms with Crippen LogP contribution in [-0.4, -0.2) is 11.9 Å². The van der Waals surface area contributed by atoms with Crippen molar-refractivity contribution in [3.05, 3.63) is 28.8 Å². The molecule has 2 aliphatic carbocycles. The number of carbonyl (C=O) groups excluding carboxylic acids is 2. The first-order chi connectivity index (χ1) is 12.2. The number of carbonyl (C=O) groups is 2. The van der Waals surface area contributed by atoms with Crippen LogP contribution in [0.15, 0.2) is 12.1 Å². The van der Waals surface area contributed by atoms with Gasteiger partial charge < -0.3 is 9.47 Å². The normalized spacial score (nSPS) is 26.9. The lowest BCUT2D eigenvalue weighted by Gasteiger charge is -2.45. The monoisotopic (exact) mass is 358 g/mol. The third kappa shape index (κ3) is 3.65. The molecule has 1 aromatic carbocycles. The topological polar surface area (TPSA) is 52.6 Å². The fourth-order valence-corrected chi connectivity index (χ4v) is 5.11. The molecule has 0 radical (unpaired) electrons. The second kappa shape index (κ2) is 7.05. The van der Waals surface area contributed by atoms with Gasteiger partial charge in [-0.05, 0) is 66.7 Å². The molecule has 3 rings (SSSR count). The molecule has 4 nitrogen and oxygen atoms in total. The molecular formula is C22H30O4. The van der Waals surface area contributed by atoms with Gasteiger partial charge in [0.25, 0.3) is 0 Å². The van der Waals surface area contributed by atoms with Gasteiger partial charge in [-0.3, -0.25) is 9.59 Å². The van der Waals surface area contributed by atoms with Gasteiger partial charge in [0.1, 0.15) is 11.9 Å². The molecule has 2 aliphatic rings. The Morgan fingerprint density at radius 1 is 1.12 bits per heavy atom. The van der Waals surface area contributed by atoms with E-state index in [9.17, 15) is 9.59 Å². The van der Waals surface area contributed by atoms with Crippen molar-refractivity contribution in [1.29, 1.82) is 0 Å². The first-order valence-electron chi connectivity index (χ1n) is 9.68. The van der Waals surface area contributed by atoms with Gasteiger partial charge in [-0.25, -0.2) is 0 Å². The van der Waals surface area contributed by atoms with E-state index in [0.717, 1.165) is 36.8 Å². The van der Waals surface area contributed by atoms with Gasteiger partial charge in [0.15, 0.2) is 0 Å². The van der Waals surface area contributed by atoms with Gasteiger partial charge in [-0.1, -0.05) is 26.3 Å². The molecule has 1 saturated carbocycles. The minimum atomic E-state index is -0.331. The van der Waals surface area contributed by atoms with Crippen molar-refractivity contribution in [1.82, 2.24) is 0 Å². The molecule has 1 aromatic rings. The lowest BCUT2D eigenvalue weighted by atomic mass is 9.61. The molecular weight excluding hydrogens is 328 g/mol. The van der Waals surface area contributed by atoms with Crippen molar-refractivity contribution >= 4 is 11.9 Å². The maximum atomic E-state index is 11.9. The number of hydrogen-bond acceptors (Lipinski definition) is 4. The average molecular weight is 358 g/mol. The molecule has 142 valence electrons. The fraction of sp³-hybridized carbons (Fsp3) is 0.636. The van der Waals surface area contributed by atoms with E-state index in [0.29, 0.717) is 17.6 Å². The minimum Gasteiger partial charge on any atom is -0.457 e. The largest absolute Gasteiger partial charge is 0.457 e. The maximum Gasteiger partial charge on any atom is 0.308 e. The summed E-state index contributed by atoms with van der Waals surface area (Å²) in [6, 6.07) is 4.04. The molecule has 1 unspecified atom stereocenters. The molecule has 0 heterocycles. The molecule has 1 fully saturated rings. The fourth-order valence-electron chi connectivity index (χ4n) is 5.11. The highest BCUT2D eigenvalue weighted by Crippen LogP contribution is 2.54. The van der Waals surface area contributed by atoms with Crippen LogP contribution in [0.2, 0.25) is 0 Å². The highest BCUT2D eigenvalue weighted by atomic mass is 16.5. The van der Waals surface area contributed by atoms with Gasteiger partial charge in [0.2, 0.25) is 0 Å². The third-order valence-corrected chi connectivity index (χ3v) is 6.28. The number of aryl methyl sites for hydroxylation is 2. The van der Waals surface area contributed by atoms with Crippen LogP contribution in [0.3, 0.4) is 0 Å². The van der Waals surface area contributed by atoms with Crippen LogP contribution in [0, 0.1) is 24.2 Å². The summed E-state index contributed by atoms with van der Waals surface area (Å²) in [4.78, 5) is 23.4. The second-order valence-electron chi connectivity index (χ2n) is 8.63. The Hall–Kier alpha value is -1.84. The number of rotatable bonds is 2. The predicted octanol–water partition coefficient (Wildman–Crippen LogP) is 4.91. The van der Waals surface area contributed by atoms with E-state index in [1.54, 1.807) is 0 Å². The molecule has 0 bridgehead atoms. The summed E-state index contributed by atoms with van der Waals surface area (Å²) in [5, 5.41) is 0. The highest BCUT2D eigenvalue weighted by molar-refractivity contribution is 5.70. The minimum absolute atomic E-state index is 0.247. The molecule has 0 spiro atoms. The summed E-state index contributed by atoms with van der Waals surface area (Å²) in [6.45, 7) is 9.55. The molecule has 0 aliphatic heterocycles. The van der Waals surface area contributed by atoms with Crippen LogP contribution < -0.4 is 4.74 Å². The molecule has 0 aromatic heterocycles. The standard InChI is InChI=1S/C22H30O4/c1-13-11-16-8-9-19-17(7-6-10-22(19,4)5)21(26-15(3)24)18(16)12-20(13)25-14(2)23/h11-12,17,19,21H,6-10H2,1-5H3/t17-,19-,21?/m1/s1. The quantitative estimate of drug-likeness (QED) is 0.556. The van der Waals surface area contributed by atoms with E-state index in [-0.39, 0.29) is 23.5 Å². The summed E-state index contributed by atoms with van der Waals surface area (Å²) in [5.74, 6) is 0.825. The van der Waals surface area contributed by atoms with Gasteiger partial charge in [-0.2, -0.15) is 0 Å². The summed E-state index contributed by atoms with van der Waals surface area (Å²) in [5.41, 5.74) is 3.43. The van der Waals surface area contributed by atoms with E-state index in [2.05, 4.69) is 19.9 Å². The SMILES string of the molecule is CC(=O)Oc1cc2c(cc1C)CC[C@@H]1[C@@H](CCCC1(C)C)C2OC(C)=O. The summed E-state index contributed by atoms with van der Waals surface area (Å²) >= 11 is 0. The molecule has 0 N–H and O–H groups in total. The van der Waals surface area contributed by atoms with E-state index < -0.39 is 0 Å². The Labute approximate surface area is 156 Å². The first-order valence-corrected chi connectivity index (χ1v) is 9.68. The zero-order valence-electron chi connectivity index (χ0n) is 16.6. The Balaban J connectivity index is 2.09. The average Bonchev–Trinajstić information content (AvgIpc) is 2.66. The summed E-state index contributed by atoms with van der Waals surface area (Å²) < 4.78 is 11.3. The van der Waals surface area contributed by atoms with Crippen LogP contribution in [0.1, 0.15) is 76.2 Å². The van der Waals surface area contributed by atoms with E-state index in [4.69, 9.17) is 9.47 Å². The van der Waals surface area contributed by atoms with Gasteiger partial charge >= 0.3 is 11.9 Å². The van der Waals surface area contributed by atoms with Gasteiger partial charge in [-0.15, -0.1) is 0 Å². The first kappa shape index (κ1) is 18.9. The Morgan fingerprint density at radius 3 is 2.50 bits per heavy atom. The second-order valence-corrected chi connectivity index (χ2v) is 8.63. The number of esters is 2. The Morgan fingerprint density at radius 2 is 1.85 bits per heavy atom. The van der Waals surface area contributed by atoms with E-state index >= 15 is 0 Å². The zero-order valence-corrected chi connectivity index (χ0v) is 16.6. The van der Waals surface area contributed by atoms with Crippen LogP contribution in [0.5, 0.6) is 5.75 Å². The molecule has 4 heteroatoms. The molecule has 26 heavy (non-hydrogen) atoms. The van der Waals surface area contributed by atoms with Crippen LogP contribution in [0.25, 0.3) is 0 Å². The Bertz CT molecular complexity index is 719. The Kier molecular flexibility index (Phi) is 5.14. The lowest BCUT2D eigenvalue weighted by molar-refractivity contribution is -0.153. The third-order valence-electron chi connectivity index (χ3n) is 6.28. The summed E-state index contributed by atoms with van der Waals surface area (Å²) in [6.07, 6.45) is 5.26. The van der Waals surface area contributed by atoms with E-state index in [1.807, 2.05) is 13.0 Å². The molecule has 3 atom stereocenters.